The molecule has 1 atom stereocenters. The van der Waals surface area contributed by atoms with Gasteiger partial charge in [-0.3, -0.25) is 4.68 Å². The summed E-state index contributed by atoms with van der Waals surface area (Å²) in [5.74, 6) is 0.734. The van der Waals surface area contributed by atoms with Gasteiger partial charge < -0.3 is 10.5 Å². The zero-order valence-corrected chi connectivity index (χ0v) is 12.7. The lowest BCUT2D eigenvalue weighted by Gasteiger charge is -2.09. The number of rotatable bonds is 5. The van der Waals surface area contributed by atoms with Crippen molar-refractivity contribution < 1.29 is 4.74 Å². The first kappa shape index (κ1) is 13.9. The molecule has 0 amide bonds. The molecular weight excluding hydrogens is 306 g/mol. The van der Waals surface area contributed by atoms with Crippen LogP contribution in [-0.4, -0.2) is 9.78 Å². The molecule has 0 aliphatic carbocycles. The van der Waals surface area contributed by atoms with Gasteiger partial charge in [0.1, 0.15) is 12.4 Å². The van der Waals surface area contributed by atoms with E-state index in [2.05, 4.69) is 34.9 Å². The van der Waals surface area contributed by atoms with Gasteiger partial charge in [-0.15, -0.1) is 0 Å². The molecule has 0 aliphatic rings. The summed E-state index contributed by atoms with van der Waals surface area (Å²) in [4.78, 5) is 0. The van der Waals surface area contributed by atoms with Crippen molar-refractivity contribution in [2.45, 2.75) is 32.9 Å². The van der Waals surface area contributed by atoms with Crippen molar-refractivity contribution in [1.82, 2.24) is 9.78 Å². The van der Waals surface area contributed by atoms with Gasteiger partial charge in [0, 0.05) is 17.9 Å². The molecule has 0 fully saturated rings. The number of aromatic nitrogens is 2. The quantitative estimate of drug-likeness (QED) is 0.852. The van der Waals surface area contributed by atoms with Crippen molar-refractivity contribution in [3.8, 4) is 5.75 Å². The van der Waals surface area contributed by atoms with Crippen molar-refractivity contribution in [2.24, 2.45) is 0 Å². The second-order valence-electron chi connectivity index (χ2n) is 4.49. The SMILES string of the molecule is CCC(C)n1ccc(COc2cccc(N)c2Br)n1. The Morgan fingerprint density at radius 2 is 2.21 bits per heavy atom. The summed E-state index contributed by atoms with van der Waals surface area (Å²) < 4.78 is 8.48. The molecule has 0 spiro atoms. The molecule has 0 saturated carbocycles. The molecule has 1 aromatic heterocycles. The van der Waals surface area contributed by atoms with E-state index in [1.54, 1.807) is 0 Å². The molecular formula is C14H18BrN3O. The number of ether oxygens (including phenoxy) is 1. The molecule has 0 saturated heterocycles. The summed E-state index contributed by atoms with van der Waals surface area (Å²) in [5.41, 5.74) is 7.39. The molecule has 0 aliphatic heterocycles. The van der Waals surface area contributed by atoms with Crippen LogP contribution in [0.15, 0.2) is 34.9 Å². The third-order valence-corrected chi connectivity index (χ3v) is 3.92. The molecule has 2 aromatic rings. The van der Waals surface area contributed by atoms with E-state index in [0.29, 0.717) is 18.3 Å². The average molecular weight is 324 g/mol. The van der Waals surface area contributed by atoms with Crippen LogP contribution in [0.1, 0.15) is 32.0 Å². The number of anilines is 1. The Morgan fingerprint density at radius 3 is 2.95 bits per heavy atom. The standard InChI is InChI=1S/C14H18BrN3O/c1-3-10(2)18-8-7-11(17-18)9-19-13-6-4-5-12(16)14(13)15/h4-8,10H,3,9,16H2,1-2H3. The number of halogens is 1. The number of nitrogens with two attached hydrogens (primary N) is 1. The van der Waals surface area contributed by atoms with Crippen LogP contribution in [0, 0.1) is 0 Å². The Bertz CT molecular complexity index is 553. The van der Waals surface area contributed by atoms with E-state index >= 15 is 0 Å². The highest BCUT2D eigenvalue weighted by Crippen LogP contribution is 2.30. The second-order valence-corrected chi connectivity index (χ2v) is 5.29. The van der Waals surface area contributed by atoms with Crippen molar-refractivity contribution in [3.63, 3.8) is 0 Å². The fraction of sp³-hybridized carbons (Fsp3) is 0.357. The summed E-state index contributed by atoms with van der Waals surface area (Å²) >= 11 is 3.42. The molecule has 0 radical (unpaired) electrons. The van der Waals surface area contributed by atoms with Crippen molar-refractivity contribution in [1.29, 1.82) is 0 Å². The number of nitrogen functional groups attached to an aromatic ring is 1. The predicted molar refractivity (Wildman–Crippen MR) is 80.1 cm³/mol. The van der Waals surface area contributed by atoms with Gasteiger partial charge in [-0.25, -0.2) is 0 Å². The molecule has 5 heteroatoms. The largest absolute Gasteiger partial charge is 0.486 e. The lowest BCUT2D eigenvalue weighted by molar-refractivity contribution is 0.296. The molecule has 2 N–H and O–H groups in total. The first-order valence-corrected chi connectivity index (χ1v) is 7.12. The molecule has 19 heavy (non-hydrogen) atoms. The van der Waals surface area contributed by atoms with E-state index in [4.69, 9.17) is 10.5 Å². The van der Waals surface area contributed by atoms with Crippen LogP contribution in [0.2, 0.25) is 0 Å². The number of benzene rings is 1. The lowest BCUT2D eigenvalue weighted by atomic mass is 10.3. The normalized spacial score (nSPS) is 12.4. The first-order valence-electron chi connectivity index (χ1n) is 6.32. The summed E-state index contributed by atoms with van der Waals surface area (Å²) in [6.07, 6.45) is 3.05. The van der Waals surface area contributed by atoms with Gasteiger partial charge in [0.2, 0.25) is 0 Å². The molecule has 1 heterocycles. The topological polar surface area (TPSA) is 53.1 Å². The Hall–Kier alpha value is -1.49. The number of hydrogen-bond acceptors (Lipinski definition) is 3. The fourth-order valence-corrected chi connectivity index (χ4v) is 2.06. The van der Waals surface area contributed by atoms with Gasteiger partial charge in [0.25, 0.3) is 0 Å². The van der Waals surface area contributed by atoms with Gasteiger partial charge >= 0.3 is 0 Å². The van der Waals surface area contributed by atoms with Gasteiger partial charge in [-0.1, -0.05) is 13.0 Å². The van der Waals surface area contributed by atoms with Gasteiger partial charge in [0.05, 0.1) is 10.2 Å². The zero-order chi connectivity index (χ0) is 13.8. The van der Waals surface area contributed by atoms with Crippen molar-refractivity contribution in [2.75, 3.05) is 5.73 Å². The Morgan fingerprint density at radius 1 is 1.42 bits per heavy atom. The Kier molecular flexibility index (Phi) is 4.47. The van der Waals surface area contributed by atoms with Crippen LogP contribution in [0.25, 0.3) is 0 Å². The van der Waals surface area contributed by atoms with E-state index in [1.807, 2.05) is 35.1 Å². The van der Waals surface area contributed by atoms with E-state index < -0.39 is 0 Å². The van der Waals surface area contributed by atoms with E-state index in [-0.39, 0.29) is 0 Å². The average Bonchev–Trinajstić information content (AvgIpc) is 2.88. The maximum atomic E-state index is 5.80. The van der Waals surface area contributed by atoms with Crippen LogP contribution >= 0.6 is 15.9 Å². The molecule has 1 aromatic carbocycles. The molecule has 0 bridgehead atoms. The summed E-state index contributed by atoms with van der Waals surface area (Å²) in [6, 6.07) is 7.97. The second kappa shape index (κ2) is 6.10. The highest BCUT2D eigenvalue weighted by molar-refractivity contribution is 9.10. The minimum Gasteiger partial charge on any atom is -0.486 e. The maximum absolute atomic E-state index is 5.80. The monoisotopic (exact) mass is 323 g/mol. The van der Waals surface area contributed by atoms with E-state index in [0.717, 1.165) is 22.3 Å². The summed E-state index contributed by atoms with van der Waals surface area (Å²) in [6.45, 7) is 4.73. The highest BCUT2D eigenvalue weighted by Gasteiger charge is 2.07. The van der Waals surface area contributed by atoms with Crippen LogP contribution in [0.3, 0.4) is 0 Å². The minimum atomic E-state index is 0.410. The third kappa shape index (κ3) is 3.29. The van der Waals surface area contributed by atoms with E-state index in [9.17, 15) is 0 Å². The zero-order valence-electron chi connectivity index (χ0n) is 11.1. The lowest BCUT2D eigenvalue weighted by Crippen LogP contribution is -2.06. The van der Waals surface area contributed by atoms with Crippen molar-refractivity contribution >= 4 is 21.6 Å². The van der Waals surface area contributed by atoms with Gasteiger partial charge in [-0.2, -0.15) is 5.10 Å². The van der Waals surface area contributed by atoms with E-state index in [1.165, 1.54) is 0 Å². The molecule has 2 rings (SSSR count). The number of nitrogens with zero attached hydrogens (tertiary/aromatic N) is 2. The smallest absolute Gasteiger partial charge is 0.136 e. The van der Waals surface area contributed by atoms with Crippen LogP contribution < -0.4 is 10.5 Å². The highest BCUT2D eigenvalue weighted by atomic mass is 79.9. The Labute approximate surface area is 121 Å². The van der Waals surface area contributed by atoms with Crippen LogP contribution in [0.4, 0.5) is 5.69 Å². The fourth-order valence-electron chi connectivity index (χ4n) is 1.68. The van der Waals surface area contributed by atoms with Crippen LogP contribution in [0.5, 0.6) is 5.75 Å². The number of hydrogen-bond donors (Lipinski definition) is 1. The molecule has 102 valence electrons. The third-order valence-electron chi connectivity index (χ3n) is 3.07. The Balaban J connectivity index is 2.02. The summed E-state index contributed by atoms with van der Waals surface area (Å²) in [5, 5.41) is 4.49. The molecule has 1 unspecified atom stereocenters. The minimum absolute atomic E-state index is 0.410. The van der Waals surface area contributed by atoms with Gasteiger partial charge in [0.15, 0.2) is 0 Å². The van der Waals surface area contributed by atoms with Crippen LogP contribution in [-0.2, 0) is 6.61 Å². The predicted octanol–water partition coefficient (Wildman–Crippen LogP) is 3.78. The molecule has 4 nitrogen and oxygen atoms in total. The first-order chi connectivity index (χ1) is 9.11. The maximum Gasteiger partial charge on any atom is 0.136 e. The summed E-state index contributed by atoms with van der Waals surface area (Å²) in [7, 11) is 0. The van der Waals surface area contributed by atoms with Crippen molar-refractivity contribution in [3.05, 3.63) is 40.6 Å². The van der Waals surface area contributed by atoms with Gasteiger partial charge in [-0.05, 0) is 47.5 Å².